The van der Waals surface area contributed by atoms with Gasteiger partial charge in [-0.05, 0) is 36.4 Å². The van der Waals surface area contributed by atoms with Crippen LogP contribution in [0.5, 0.6) is 0 Å². The van der Waals surface area contributed by atoms with Crippen molar-refractivity contribution < 1.29 is 13.6 Å². The van der Waals surface area contributed by atoms with Crippen molar-refractivity contribution in [2.45, 2.75) is 11.8 Å². The van der Waals surface area contributed by atoms with E-state index in [0.29, 0.717) is 23.4 Å². The number of pyridine rings is 1. The van der Waals surface area contributed by atoms with Crippen LogP contribution in [0.1, 0.15) is 5.76 Å². The molecule has 3 aromatic heterocycles. The Morgan fingerprint density at radius 3 is 2.57 bits per heavy atom. The Morgan fingerprint density at radius 2 is 1.82 bits per heavy atom. The second kappa shape index (κ2) is 8.53. The highest BCUT2D eigenvalue weighted by atomic mass is 32.2. The molecular formula is C20H16N4O3S. The summed E-state index contributed by atoms with van der Waals surface area (Å²) in [6, 6.07) is 16.7. The summed E-state index contributed by atoms with van der Waals surface area (Å²) in [6.45, 7) is 0.350. The van der Waals surface area contributed by atoms with Crippen molar-refractivity contribution in [2.75, 3.05) is 10.7 Å². The number of nitrogens with zero attached hydrogens (tertiary/aromatic N) is 4. The molecule has 0 spiro atoms. The number of furan rings is 1. The zero-order chi connectivity index (χ0) is 19.2. The highest BCUT2D eigenvalue weighted by molar-refractivity contribution is 7.99. The standard InChI is InChI=1S/C20H16N4O3S/c25-18(14-28-20-23-22-19(27-20)15-8-10-21-11-9-15)24(13-17-7-4-12-26-17)16-5-2-1-3-6-16/h1-12H,13-14H2. The molecule has 0 fully saturated rings. The third kappa shape index (κ3) is 4.29. The van der Waals surface area contributed by atoms with Crippen LogP contribution in [-0.2, 0) is 11.3 Å². The second-order valence-corrected chi connectivity index (χ2v) is 6.72. The fourth-order valence-corrected chi connectivity index (χ4v) is 3.21. The number of anilines is 1. The van der Waals surface area contributed by atoms with Gasteiger partial charge < -0.3 is 13.7 Å². The molecule has 140 valence electrons. The number of hydrogen-bond acceptors (Lipinski definition) is 7. The molecule has 4 rings (SSSR count). The lowest BCUT2D eigenvalue weighted by atomic mass is 10.2. The lowest BCUT2D eigenvalue weighted by Crippen LogP contribution is -2.31. The van der Waals surface area contributed by atoms with Crippen LogP contribution in [0, 0.1) is 0 Å². The van der Waals surface area contributed by atoms with Gasteiger partial charge in [-0.3, -0.25) is 9.78 Å². The molecule has 0 unspecified atom stereocenters. The van der Waals surface area contributed by atoms with E-state index >= 15 is 0 Å². The molecule has 0 atom stereocenters. The third-order valence-electron chi connectivity index (χ3n) is 3.92. The second-order valence-electron chi connectivity index (χ2n) is 5.79. The summed E-state index contributed by atoms with van der Waals surface area (Å²) >= 11 is 1.20. The van der Waals surface area contributed by atoms with E-state index in [0.717, 1.165) is 11.3 Å². The van der Waals surface area contributed by atoms with Crippen molar-refractivity contribution in [1.29, 1.82) is 0 Å². The normalized spacial score (nSPS) is 10.7. The van der Waals surface area contributed by atoms with Gasteiger partial charge in [0.2, 0.25) is 11.8 Å². The minimum atomic E-state index is -0.0868. The Morgan fingerprint density at radius 1 is 1.00 bits per heavy atom. The Labute approximate surface area is 165 Å². The summed E-state index contributed by atoms with van der Waals surface area (Å²) in [4.78, 5) is 18.5. The number of thioether (sulfide) groups is 1. The van der Waals surface area contributed by atoms with Gasteiger partial charge in [0.15, 0.2) is 0 Å². The highest BCUT2D eigenvalue weighted by Crippen LogP contribution is 2.24. The zero-order valence-corrected chi connectivity index (χ0v) is 15.6. The Hall–Kier alpha value is -3.39. The Kier molecular flexibility index (Phi) is 5.48. The van der Waals surface area contributed by atoms with E-state index in [9.17, 15) is 4.79 Å². The molecule has 1 aromatic carbocycles. The summed E-state index contributed by atoms with van der Waals surface area (Å²) in [5.74, 6) is 1.18. The van der Waals surface area contributed by atoms with E-state index in [1.165, 1.54) is 11.8 Å². The average Bonchev–Trinajstić information content (AvgIpc) is 3.44. The van der Waals surface area contributed by atoms with Gasteiger partial charge >= 0.3 is 0 Å². The summed E-state index contributed by atoms with van der Waals surface area (Å²) in [7, 11) is 0. The highest BCUT2D eigenvalue weighted by Gasteiger charge is 2.19. The minimum Gasteiger partial charge on any atom is -0.467 e. The number of carbonyl (C=O) groups is 1. The van der Waals surface area contributed by atoms with Crippen molar-refractivity contribution in [3.63, 3.8) is 0 Å². The van der Waals surface area contributed by atoms with Gasteiger partial charge in [-0.2, -0.15) is 0 Å². The van der Waals surface area contributed by atoms with Gasteiger partial charge in [0.1, 0.15) is 5.76 Å². The van der Waals surface area contributed by atoms with Crippen LogP contribution in [0.4, 0.5) is 5.69 Å². The van der Waals surface area contributed by atoms with Crippen LogP contribution in [0.3, 0.4) is 0 Å². The summed E-state index contributed by atoms with van der Waals surface area (Å²) in [6.07, 6.45) is 4.90. The number of carbonyl (C=O) groups excluding carboxylic acids is 1. The molecule has 1 amide bonds. The molecule has 0 aliphatic heterocycles. The molecule has 3 heterocycles. The number of aromatic nitrogens is 3. The summed E-state index contributed by atoms with van der Waals surface area (Å²) in [5, 5.41) is 8.37. The van der Waals surface area contributed by atoms with E-state index in [1.54, 1.807) is 41.8 Å². The van der Waals surface area contributed by atoms with Gasteiger partial charge in [-0.25, -0.2) is 0 Å². The smallest absolute Gasteiger partial charge is 0.277 e. The van der Waals surface area contributed by atoms with E-state index in [2.05, 4.69) is 15.2 Å². The Bertz CT molecular complexity index is 1020. The topological polar surface area (TPSA) is 85.3 Å². The monoisotopic (exact) mass is 392 g/mol. The molecule has 0 N–H and O–H groups in total. The maximum Gasteiger partial charge on any atom is 0.277 e. The summed E-state index contributed by atoms with van der Waals surface area (Å²) < 4.78 is 11.0. The predicted octanol–water partition coefficient (Wildman–Crippen LogP) is 4.05. The molecule has 0 saturated heterocycles. The zero-order valence-electron chi connectivity index (χ0n) is 14.8. The fourth-order valence-electron chi connectivity index (χ4n) is 2.57. The SMILES string of the molecule is O=C(CSc1nnc(-c2ccncc2)o1)N(Cc1ccco1)c1ccccc1. The molecule has 0 aliphatic rings. The molecule has 0 aliphatic carbocycles. The number of benzene rings is 1. The average molecular weight is 392 g/mol. The molecule has 0 radical (unpaired) electrons. The van der Waals surface area contributed by atoms with Gasteiger partial charge in [0, 0.05) is 23.6 Å². The van der Waals surface area contributed by atoms with Crippen LogP contribution in [0.15, 0.2) is 87.3 Å². The maximum atomic E-state index is 12.9. The van der Waals surface area contributed by atoms with Crippen molar-refractivity contribution in [3.8, 4) is 11.5 Å². The maximum absolute atomic E-state index is 12.9. The van der Waals surface area contributed by atoms with Crippen molar-refractivity contribution in [2.24, 2.45) is 0 Å². The minimum absolute atomic E-state index is 0.0868. The van der Waals surface area contributed by atoms with Crippen LogP contribution in [0.2, 0.25) is 0 Å². The third-order valence-corrected chi connectivity index (χ3v) is 4.72. The van der Waals surface area contributed by atoms with Crippen molar-refractivity contribution in [3.05, 3.63) is 79.0 Å². The quantitative estimate of drug-likeness (QED) is 0.439. The van der Waals surface area contributed by atoms with E-state index in [4.69, 9.17) is 8.83 Å². The van der Waals surface area contributed by atoms with Crippen molar-refractivity contribution >= 4 is 23.4 Å². The van der Waals surface area contributed by atoms with Crippen LogP contribution < -0.4 is 4.90 Å². The number of amides is 1. The van der Waals surface area contributed by atoms with E-state index in [1.807, 2.05) is 36.4 Å². The van der Waals surface area contributed by atoms with Crippen LogP contribution in [0.25, 0.3) is 11.5 Å². The van der Waals surface area contributed by atoms with E-state index in [-0.39, 0.29) is 11.7 Å². The molecule has 0 saturated carbocycles. The van der Waals surface area contributed by atoms with Gasteiger partial charge in [-0.15, -0.1) is 10.2 Å². The number of rotatable bonds is 7. The number of para-hydroxylation sites is 1. The lowest BCUT2D eigenvalue weighted by Gasteiger charge is -2.21. The first-order valence-electron chi connectivity index (χ1n) is 8.54. The van der Waals surface area contributed by atoms with Crippen LogP contribution in [-0.4, -0.2) is 26.8 Å². The fraction of sp³-hybridized carbons (Fsp3) is 0.100. The number of hydrogen-bond donors (Lipinski definition) is 0. The lowest BCUT2D eigenvalue weighted by molar-refractivity contribution is -0.116. The molecule has 0 bridgehead atoms. The molecule has 7 nitrogen and oxygen atoms in total. The largest absolute Gasteiger partial charge is 0.467 e. The molecule has 28 heavy (non-hydrogen) atoms. The first-order chi connectivity index (χ1) is 13.8. The molecular weight excluding hydrogens is 376 g/mol. The van der Waals surface area contributed by atoms with Crippen LogP contribution >= 0.6 is 11.8 Å². The first-order valence-corrected chi connectivity index (χ1v) is 9.52. The van der Waals surface area contributed by atoms with Crippen molar-refractivity contribution in [1.82, 2.24) is 15.2 Å². The summed E-state index contributed by atoms with van der Waals surface area (Å²) in [5.41, 5.74) is 1.58. The molecule has 4 aromatic rings. The molecule has 8 heteroatoms. The van der Waals surface area contributed by atoms with Gasteiger partial charge in [-0.1, -0.05) is 30.0 Å². The Balaban J connectivity index is 1.45. The predicted molar refractivity (Wildman–Crippen MR) is 105 cm³/mol. The van der Waals surface area contributed by atoms with Gasteiger partial charge in [0.25, 0.3) is 5.22 Å². The van der Waals surface area contributed by atoms with Gasteiger partial charge in [0.05, 0.1) is 18.6 Å². The first kappa shape index (κ1) is 18.0. The van der Waals surface area contributed by atoms with E-state index < -0.39 is 0 Å².